The van der Waals surface area contributed by atoms with Gasteiger partial charge in [0.15, 0.2) is 11.9 Å². The predicted octanol–water partition coefficient (Wildman–Crippen LogP) is 3.55. The molecule has 0 unspecified atom stereocenters. The molecule has 0 N–H and O–H groups in total. The molecule has 0 saturated heterocycles. The van der Waals surface area contributed by atoms with E-state index in [1.807, 2.05) is 6.07 Å². The van der Waals surface area contributed by atoms with Crippen LogP contribution in [0.4, 0.5) is 0 Å². The minimum Gasteiger partial charge on any atom is -0.164 e. The van der Waals surface area contributed by atoms with Gasteiger partial charge in [-0.15, -0.1) is 0 Å². The molecule has 0 aliphatic carbocycles. The molecule has 0 atom stereocenters. The van der Waals surface area contributed by atoms with Crippen LogP contribution in [0.5, 0.6) is 0 Å². The summed E-state index contributed by atoms with van der Waals surface area (Å²) in [4.78, 5) is 0. The van der Waals surface area contributed by atoms with Crippen LogP contribution in [-0.4, -0.2) is 0 Å². The summed E-state index contributed by atoms with van der Waals surface area (Å²) in [5.74, 6) is 0. The fourth-order valence-electron chi connectivity index (χ4n) is 2.27. The fourth-order valence-corrected chi connectivity index (χ4v) is 2.27. The highest BCUT2D eigenvalue weighted by molar-refractivity contribution is 5.24. The van der Waals surface area contributed by atoms with Gasteiger partial charge in [-0.3, -0.25) is 0 Å². The average Bonchev–Trinajstić information content (AvgIpc) is 2.50. The molecule has 92 valence electrons. The van der Waals surface area contributed by atoms with E-state index in [0.29, 0.717) is 0 Å². The summed E-state index contributed by atoms with van der Waals surface area (Å²) >= 11 is 0. The lowest BCUT2D eigenvalue weighted by Gasteiger charge is -2.03. The molecule has 1 heterocycles. The third-order valence-electron chi connectivity index (χ3n) is 3.21. The van der Waals surface area contributed by atoms with Crippen LogP contribution in [0, 0.1) is 0 Å². The van der Waals surface area contributed by atoms with Crippen molar-refractivity contribution in [3.05, 3.63) is 96.3 Å². The minimum absolute atomic E-state index is 0.941. The monoisotopic (exact) mass is 246 g/mol. The van der Waals surface area contributed by atoms with Crippen molar-refractivity contribution in [2.75, 3.05) is 0 Å². The van der Waals surface area contributed by atoms with Gasteiger partial charge >= 0.3 is 0 Å². The van der Waals surface area contributed by atoms with Gasteiger partial charge < -0.3 is 0 Å². The summed E-state index contributed by atoms with van der Waals surface area (Å²) in [5, 5.41) is 0. The number of benzene rings is 2. The lowest BCUT2D eigenvalue weighted by Crippen LogP contribution is -2.35. The zero-order valence-corrected chi connectivity index (χ0v) is 10.7. The van der Waals surface area contributed by atoms with E-state index in [-0.39, 0.29) is 0 Å². The number of hydrogen-bond acceptors (Lipinski definition) is 0. The highest BCUT2D eigenvalue weighted by Gasteiger charge is 2.12. The third-order valence-corrected chi connectivity index (χ3v) is 3.21. The van der Waals surface area contributed by atoms with Gasteiger partial charge in [0.05, 0.1) is 6.42 Å². The Bertz CT molecular complexity index is 645. The molecule has 3 rings (SSSR count). The van der Waals surface area contributed by atoms with Crippen LogP contribution >= 0.6 is 0 Å². The topological polar surface area (TPSA) is 3.88 Å². The SMILES string of the molecule is c1ccc(Cc2cccc[n+]2-c2ccccc2)cc1. The molecular formula is C18H16N+. The van der Waals surface area contributed by atoms with Crippen LogP contribution in [0.15, 0.2) is 85.1 Å². The van der Waals surface area contributed by atoms with Crippen molar-refractivity contribution in [2.45, 2.75) is 6.42 Å². The Hall–Kier alpha value is -2.41. The van der Waals surface area contributed by atoms with Gasteiger partial charge in [0.2, 0.25) is 5.69 Å². The Balaban J connectivity index is 1.99. The molecule has 0 aliphatic rings. The van der Waals surface area contributed by atoms with E-state index in [1.165, 1.54) is 16.9 Å². The molecule has 0 bridgehead atoms. The summed E-state index contributed by atoms with van der Waals surface area (Å²) < 4.78 is 2.24. The number of nitrogens with zero attached hydrogens (tertiary/aromatic N) is 1. The number of pyridine rings is 1. The van der Waals surface area contributed by atoms with Crippen LogP contribution in [0.1, 0.15) is 11.3 Å². The van der Waals surface area contributed by atoms with Crippen molar-refractivity contribution < 1.29 is 4.57 Å². The smallest absolute Gasteiger partial charge is 0.164 e. The van der Waals surface area contributed by atoms with Crippen LogP contribution in [0.3, 0.4) is 0 Å². The quantitative estimate of drug-likeness (QED) is 0.622. The fraction of sp³-hybridized carbons (Fsp3) is 0.0556. The number of para-hydroxylation sites is 1. The number of hydrogen-bond donors (Lipinski definition) is 0. The van der Waals surface area contributed by atoms with Crippen molar-refractivity contribution in [1.29, 1.82) is 0 Å². The van der Waals surface area contributed by atoms with Gasteiger partial charge in [-0.05, 0) is 5.56 Å². The molecular weight excluding hydrogens is 230 g/mol. The molecule has 0 saturated carbocycles. The van der Waals surface area contributed by atoms with E-state index in [0.717, 1.165) is 6.42 Å². The first-order valence-electron chi connectivity index (χ1n) is 6.52. The van der Waals surface area contributed by atoms with Crippen LogP contribution in [0.2, 0.25) is 0 Å². The van der Waals surface area contributed by atoms with Crippen molar-refractivity contribution >= 4 is 0 Å². The minimum atomic E-state index is 0.941. The molecule has 0 amide bonds. The lowest BCUT2D eigenvalue weighted by atomic mass is 10.1. The van der Waals surface area contributed by atoms with Gasteiger partial charge in [0, 0.05) is 24.3 Å². The van der Waals surface area contributed by atoms with E-state index >= 15 is 0 Å². The molecule has 1 aromatic heterocycles. The lowest BCUT2D eigenvalue weighted by molar-refractivity contribution is -0.604. The van der Waals surface area contributed by atoms with Crippen molar-refractivity contribution in [2.24, 2.45) is 0 Å². The molecule has 19 heavy (non-hydrogen) atoms. The Morgan fingerprint density at radius 1 is 0.632 bits per heavy atom. The Labute approximate surface area is 113 Å². The standard InChI is InChI=1S/C18H16N/c1-3-9-16(10-4-1)15-18-13-7-8-14-19(18)17-11-5-2-6-12-17/h1-14H,15H2/q+1. The van der Waals surface area contributed by atoms with Crippen LogP contribution in [-0.2, 0) is 6.42 Å². The predicted molar refractivity (Wildman–Crippen MR) is 77.2 cm³/mol. The number of aromatic nitrogens is 1. The van der Waals surface area contributed by atoms with Gasteiger partial charge in [0.25, 0.3) is 0 Å². The summed E-state index contributed by atoms with van der Waals surface area (Å²) in [6, 6.07) is 27.4. The molecule has 1 nitrogen and oxygen atoms in total. The zero-order chi connectivity index (χ0) is 12.9. The van der Waals surface area contributed by atoms with Gasteiger partial charge in [-0.25, -0.2) is 0 Å². The zero-order valence-electron chi connectivity index (χ0n) is 10.7. The first-order chi connectivity index (χ1) is 9.43. The summed E-state index contributed by atoms with van der Waals surface area (Å²) in [7, 11) is 0. The average molecular weight is 246 g/mol. The van der Waals surface area contributed by atoms with Gasteiger partial charge in [-0.2, -0.15) is 4.57 Å². The largest absolute Gasteiger partial charge is 0.210 e. The Morgan fingerprint density at radius 3 is 2.00 bits per heavy atom. The van der Waals surface area contributed by atoms with Crippen molar-refractivity contribution in [1.82, 2.24) is 0 Å². The van der Waals surface area contributed by atoms with E-state index < -0.39 is 0 Å². The molecule has 0 aliphatic heterocycles. The normalized spacial score (nSPS) is 10.3. The number of rotatable bonds is 3. The first kappa shape index (κ1) is 11.7. The highest BCUT2D eigenvalue weighted by atomic mass is 15.0. The van der Waals surface area contributed by atoms with E-state index in [2.05, 4.69) is 83.6 Å². The summed E-state index contributed by atoms with van der Waals surface area (Å²) in [6.07, 6.45) is 3.06. The van der Waals surface area contributed by atoms with Crippen LogP contribution < -0.4 is 4.57 Å². The maximum Gasteiger partial charge on any atom is 0.210 e. The third kappa shape index (κ3) is 2.71. The molecule has 3 aromatic rings. The van der Waals surface area contributed by atoms with Crippen molar-refractivity contribution in [3.63, 3.8) is 0 Å². The maximum atomic E-state index is 2.24. The second-order valence-corrected chi connectivity index (χ2v) is 4.56. The first-order valence-corrected chi connectivity index (χ1v) is 6.52. The summed E-state index contributed by atoms with van der Waals surface area (Å²) in [5.41, 5.74) is 3.83. The Morgan fingerprint density at radius 2 is 1.26 bits per heavy atom. The molecule has 0 fully saturated rings. The van der Waals surface area contributed by atoms with E-state index in [9.17, 15) is 0 Å². The maximum absolute atomic E-state index is 2.24. The van der Waals surface area contributed by atoms with E-state index in [4.69, 9.17) is 0 Å². The molecule has 1 heteroatoms. The summed E-state index contributed by atoms with van der Waals surface area (Å²) in [6.45, 7) is 0. The van der Waals surface area contributed by atoms with E-state index in [1.54, 1.807) is 0 Å². The second-order valence-electron chi connectivity index (χ2n) is 4.56. The molecule has 2 aromatic carbocycles. The highest BCUT2D eigenvalue weighted by Crippen LogP contribution is 2.08. The van der Waals surface area contributed by atoms with Crippen LogP contribution in [0.25, 0.3) is 5.69 Å². The second kappa shape index (κ2) is 5.49. The Kier molecular flexibility index (Phi) is 3.37. The molecule has 0 spiro atoms. The molecule has 0 radical (unpaired) electrons. The van der Waals surface area contributed by atoms with Gasteiger partial charge in [-0.1, -0.05) is 54.6 Å². The van der Waals surface area contributed by atoms with Crippen molar-refractivity contribution in [3.8, 4) is 5.69 Å². The van der Waals surface area contributed by atoms with Gasteiger partial charge in [0.1, 0.15) is 0 Å².